The number of hydrogen-bond donors (Lipinski definition) is 1. The van der Waals surface area contributed by atoms with Gasteiger partial charge in [-0.3, -0.25) is 0 Å². The van der Waals surface area contributed by atoms with Crippen LogP contribution in [0.15, 0.2) is 41.6 Å². The van der Waals surface area contributed by atoms with E-state index >= 15 is 0 Å². The maximum Gasteiger partial charge on any atom is 0.262 e. The molecule has 3 aromatic rings. The lowest BCUT2D eigenvalue weighted by Crippen LogP contribution is -2.17. The molecule has 2 heterocycles. The van der Waals surface area contributed by atoms with Gasteiger partial charge in [0.1, 0.15) is 5.69 Å². The van der Waals surface area contributed by atoms with Crippen molar-refractivity contribution < 1.29 is 18.9 Å². The largest absolute Gasteiger partial charge is 0.493 e. The van der Waals surface area contributed by atoms with Gasteiger partial charge in [0.2, 0.25) is 10.9 Å². The van der Waals surface area contributed by atoms with Gasteiger partial charge >= 0.3 is 0 Å². The fourth-order valence-corrected chi connectivity index (χ4v) is 3.95. The van der Waals surface area contributed by atoms with Crippen LogP contribution in [0.25, 0.3) is 11.3 Å². The Bertz CT molecular complexity index is 1050. The van der Waals surface area contributed by atoms with Gasteiger partial charge in [-0.05, 0) is 24.6 Å². The first-order valence-electron chi connectivity index (χ1n) is 9.88. The van der Waals surface area contributed by atoms with E-state index in [1.807, 2.05) is 36.4 Å². The molecule has 2 aromatic carbocycles. The second-order valence-electron chi connectivity index (χ2n) is 6.74. The van der Waals surface area contributed by atoms with E-state index < -0.39 is 6.23 Å². The van der Waals surface area contributed by atoms with Gasteiger partial charge < -0.3 is 24.3 Å². The van der Waals surface area contributed by atoms with Crippen molar-refractivity contribution in [3.63, 3.8) is 0 Å². The molecule has 1 atom stereocenters. The summed E-state index contributed by atoms with van der Waals surface area (Å²) in [7, 11) is 4.73. The first-order chi connectivity index (χ1) is 15.2. The third-order valence-corrected chi connectivity index (χ3v) is 5.80. The zero-order valence-corrected chi connectivity index (χ0v) is 18.7. The molecule has 1 aromatic heterocycles. The van der Waals surface area contributed by atoms with Gasteiger partial charge in [0.05, 0.1) is 21.3 Å². The number of nitrogens with one attached hydrogen (secondary N) is 1. The first kappa shape index (κ1) is 21.0. The van der Waals surface area contributed by atoms with Crippen LogP contribution >= 0.6 is 11.8 Å². The Hall–Kier alpha value is -3.20. The number of anilines is 1. The lowest BCUT2D eigenvalue weighted by atomic mass is 10.1. The predicted molar refractivity (Wildman–Crippen MR) is 119 cm³/mol. The number of nitrogens with zero attached hydrogens (tertiary/aromatic N) is 3. The highest BCUT2D eigenvalue weighted by Crippen LogP contribution is 2.43. The zero-order chi connectivity index (χ0) is 21.8. The molecule has 1 aliphatic heterocycles. The molecule has 4 rings (SSSR count). The maximum atomic E-state index is 6.25. The minimum atomic E-state index is -0.568. The topological polar surface area (TPSA) is 87.6 Å². The molecule has 31 heavy (non-hydrogen) atoms. The second kappa shape index (κ2) is 9.30. The standard InChI is InChI=1S/C22H24N4O4S/c1-5-10-31-22-24-18-14-8-6-7-9-15(14)23-20(30-21(18)25-26-22)13-11-16(27-2)19(29-4)17(12-13)28-3/h6-9,11-12,20,23H,5,10H2,1-4H3. The highest BCUT2D eigenvalue weighted by Gasteiger charge is 2.27. The normalized spacial score (nSPS) is 14.4. The number of benzene rings is 2. The summed E-state index contributed by atoms with van der Waals surface area (Å²) in [6, 6.07) is 11.6. The fourth-order valence-electron chi connectivity index (χ4n) is 3.31. The summed E-state index contributed by atoms with van der Waals surface area (Å²) in [5.74, 6) is 2.88. The molecule has 1 unspecified atom stereocenters. The Balaban J connectivity index is 1.80. The molecular formula is C22H24N4O4S. The van der Waals surface area contributed by atoms with Gasteiger partial charge in [-0.15, -0.1) is 10.2 Å². The molecule has 0 fully saturated rings. The molecule has 0 saturated heterocycles. The molecule has 0 amide bonds. The molecule has 1 N–H and O–H groups in total. The third-order valence-electron chi connectivity index (χ3n) is 4.76. The molecule has 0 saturated carbocycles. The minimum absolute atomic E-state index is 0.358. The van der Waals surface area contributed by atoms with Crippen LogP contribution in [0.2, 0.25) is 0 Å². The number of ether oxygens (including phenoxy) is 4. The van der Waals surface area contributed by atoms with E-state index in [4.69, 9.17) is 23.9 Å². The van der Waals surface area contributed by atoms with Crippen LogP contribution in [0, 0.1) is 0 Å². The Kier molecular flexibility index (Phi) is 6.31. The predicted octanol–water partition coefficient (Wildman–Crippen LogP) is 4.57. The summed E-state index contributed by atoms with van der Waals surface area (Å²) >= 11 is 1.58. The summed E-state index contributed by atoms with van der Waals surface area (Å²) in [6.45, 7) is 2.12. The molecule has 0 spiro atoms. The third kappa shape index (κ3) is 4.18. The summed E-state index contributed by atoms with van der Waals surface area (Å²) in [5.41, 5.74) is 3.22. The van der Waals surface area contributed by atoms with Crippen molar-refractivity contribution in [2.45, 2.75) is 24.7 Å². The molecule has 8 nitrogen and oxygen atoms in total. The van der Waals surface area contributed by atoms with Gasteiger partial charge in [0, 0.05) is 22.6 Å². The Labute approximate surface area is 185 Å². The maximum absolute atomic E-state index is 6.25. The Morgan fingerprint density at radius 1 is 1.03 bits per heavy atom. The number of hydrogen-bond acceptors (Lipinski definition) is 9. The van der Waals surface area contributed by atoms with E-state index in [0.29, 0.717) is 34.0 Å². The first-order valence-corrected chi connectivity index (χ1v) is 10.9. The van der Waals surface area contributed by atoms with E-state index in [9.17, 15) is 0 Å². The van der Waals surface area contributed by atoms with Crippen LogP contribution in [-0.2, 0) is 0 Å². The van der Waals surface area contributed by atoms with Gasteiger partial charge in [-0.1, -0.05) is 36.9 Å². The van der Waals surface area contributed by atoms with Gasteiger partial charge in [-0.25, -0.2) is 4.98 Å². The van der Waals surface area contributed by atoms with Crippen molar-refractivity contribution in [3.05, 3.63) is 42.0 Å². The van der Waals surface area contributed by atoms with Crippen molar-refractivity contribution >= 4 is 17.4 Å². The minimum Gasteiger partial charge on any atom is -0.493 e. The van der Waals surface area contributed by atoms with Crippen molar-refractivity contribution in [2.75, 3.05) is 32.4 Å². The number of aromatic nitrogens is 3. The number of methoxy groups -OCH3 is 3. The zero-order valence-electron chi connectivity index (χ0n) is 17.8. The number of rotatable bonds is 7. The van der Waals surface area contributed by atoms with Crippen molar-refractivity contribution in [1.29, 1.82) is 0 Å². The number of para-hydroxylation sites is 1. The number of thioether (sulfide) groups is 1. The van der Waals surface area contributed by atoms with Crippen LogP contribution in [0.4, 0.5) is 5.69 Å². The highest BCUT2D eigenvalue weighted by molar-refractivity contribution is 7.99. The van der Waals surface area contributed by atoms with Crippen molar-refractivity contribution in [1.82, 2.24) is 15.2 Å². The van der Waals surface area contributed by atoms with Crippen molar-refractivity contribution in [2.24, 2.45) is 0 Å². The van der Waals surface area contributed by atoms with Crippen LogP contribution in [0.3, 0.4) is 0 Å². The summed E-state index contributed by atoms with van der Waals surface area (Å²) < 4.78 is 22.7. The van der Waals surface area contributed by atoms with E-state index in [2.05, 4.69) is 22.4 Å². The average molecular weight is 441 g/mol. The van der Waals surface area contributed by atoms with Crippen LogP contribution in [0.1, 0.15) is 25.1 Å². The summed E-state index contributed by atoms with van der Waals surface area (Å²) in [6.07, 6.45) is 0.463. The second-order valence-corrected chi connectivity index (χ2v) is 7.81. The Morgan fingerprint density at radius 2 is 1.77 bits per heavy atom. The Morgan fingerprint density at radius 3 is 2.45 bits per heavy atom. The van der Waals surface area contributed by atoms with Crippen LogP contribution < -0.4 is 24.3 Å². The quantitative estimate of drug-likeness (QED) is 0.531. The lowest BCUT2D eigenvalue weighted by Gasteiger charge is -2.21. The van der Waals surface area contributed by atoms with Gasteiger partial charge in [-0.2, -0.15) is 0 Å². The lowest BCUT2D eigenvalue weighted by molar-refractivity contribution is 0.222. The molecule has 0 aliphatic carbocycles. The molecule has 162 valence electrons. The van der Waals surface area contributed by atoms with Crippen molar-refractivity contribution in [3.8, 4) is 34.4 Å². The van der Waals surface area contributed by atoms with Gasteiger partial charge in [0.25, 0.3) is 5.88 Å². The molecule has 9 heteroatoms. The average Bonchev–Trinajstić information content (AvgIpc) is 2.98. The summed E-state index contributed by atoms with van der Waals surface area (Å²) in [5, 5.41) is 12.7. The molecular weight excluding hydrogens is 416 g/mol. The summed E-state index contributed by atoms with van der Waals surface area (Å²) in [4.78, 5) is 4.73. The molecule has 1 aliphatic rings. The van der Waals surface area contributed by atoms with E-state index in [0.717, 1.165) is 29.0 Å². The molecule has 0 radical (unpaired) electrons. The molecule has 0 bridgehead atoms. The smallest absolute Gasteiger partial charge is 0.262 e. The highest BCUT2D eigenvalue weighted by atomic mass is 32.2. The van der Waals surface area contributed by atoms with E-state index in [1.165, 1.54) is 0 Å². The SMILES string of the molecule is CCCSc1nnc2c(n1)-c1ccccc1NC(c1cc(OC)c(OC)c(OC)c1)O2. The van der Waals surface area contributed by atoms with E-state index in [1.54, 1.807) is 33.1 Å². The van der Waals surface area contributed by atoms with E-state index in [-0.39, 0.29) is 0 Å². The van der Waals surface area contributed by atoms with Crippen LogP contribution in [0.5, 0.6) is 23.1 Å². The number of fused-ring (bicyclic) bond motifs is 3. The fraction of sp³-hybridized carbons (Fsp3) is 0.318. The monoisotopic (exact) mass is 440 g/mol. The van der Waals surface area contributed by atoms with Gasteiger partial charge in [0.15, 0.2) is 17.7 Å². The van der Waals surface area contributed by atoms with Crippen LogP contribution in [-0.4, -0.2) is 42.3 Å².